The van der Waals surface area contributed by atoms with E-state index in [0.29, 0.717) is 24.2 Å². The van der Waals surface area contributed by atoms with Gasteiger partial charge in [-0.15, -0.1) is 0 Å². The molecule has 1 aliphatic rings. The Balaban J connectivity index is 1.77. The maximum Gasteiger partial charge on any atom is 0.318 e. The molecule has 8 heteroatoms. The van der Waals surface area contributed by atoms with Gasteiger partial charge in [0.25, 0.3) is 5.91 Å². The Morgan fingerprint density at radius 3 is 2.68 bits per heavy atom. The molecule has 25 heavy (non-hydrogen) atoms. The lowest BCUT2D eigenvalue weighted by Gasteiger charge is -2.23. The van der Waals surface area contributed by atoms with Gasteiger partial charge in [-0.1, -0.05) is 0 Å². The number of hydrogen-bond acceptors (Lipinski definition) is 4. The van der Waals surface area contributed by atoms with Crippen LogP contribution in [0.4, 0.5) is 10.5 Å². The zero-order valence-electron chi connectivity index (χ0n) is 14.2. The lowest BCUT2D eigenvalue weighted by atomic mass is 10.1. The molecule has 1 fully saturated rings. The number of hydrogen-bond donors (Lipinski definition) is 3. The number of anilines is 1. The van der Waals surface area contributed by atoms with E-state index in [1.807, 2.05) is 0 Å². The van der Waals surface area contributed by atoms with Crippen molar-refractivity contribution in [3.63, 3.8) is 0 Å². The van der Waals surface area contributed by atoms with E-state index in [-0.39, 0.29) is 24.1 Å². The minimum atomic E-state index is -0.306. The molecule has 3 N–H and O–H groups in total. The lowest BCUT2D eigenvalue weighted by Crippen LogP contribution is -2.32. The fourth-order valence-corrected chi connectivity index (χ4v) is 2.97. The number of aromatic amines is 1. The molecule has 8 nitrogen and oxygen atoms in total. The minimum Gasteiger partial charge on any atom is -0.380 e. The first-order valence-electron chi connectivity index (χ1n) is 8.04. The van der Waals surface area contributed by atoms with Crippen LogP contribution in [0.5, 0.6) is 0 Å². The van der Waals surface area contributed by atoms with Gasteiger partial charge >= 0.3 is 6.03 Å². The van der Waals surface area contributed by atoms with Crippen LogP contribution < -0.4 is 10.6 Å². The summed E-state index contributed by atoms with van der Waals surface area (Å²) in [6.45, 7) is 0.513. The smallest absolute Gasteiger partial charge is 0.318 e. The van der Waals surface area contributed by atoms with Gasteiger partial charge in [-0.3, -0.25) is 4.79 Å². The van der Waals surface area contributed by atoms with Crippen LogP contribution in [0.1, 0.15) is 28.6 Å². The number of carbonyl (C=O) groups is 2. The molecule has 1 saturated heterocycles. The second-order valence-electron chi connectivity index (χ2n) is 5.82. The molecule has 2 atom stereocenters. The third-order valence-corrected chi connectivity index (χ3v) is 4.31. The van der Waals surface area contributed by atoms with Gasteiger partial charge in [0.1, 0.15) is 5.82 Å². The van der Waals surface area contributed by atoms with Gasteiger partial charge in [-0.05, 0) is 24.3 Å². The number of methoxy groups -OCH3 is 1. The number of benzene rings is 1. The zero-order chi connectivity index (χ0) is 17.8. The van der Waals surface area contributed by atoms with E-state index in [9.17, 15) is 9.59 Å². The fraction of sp³-hybridized carbons (Fsp3) is 0.353. The molecule has 3 rings (SSSR count). The van der Waals surface area contributed by atoms with Crippen LogP contribution in [0, 0.1) is 0 Å². The van der Waals surface area contributed by atoms with Crippen LogP contribution in [0.2, 0.25) is 0 Å². The van der Waals surface area contributed by atoms with Crippen molar-refractivity contribution in [2.75, 3.05) is 26.0 Å². The van der Waals surface area contributed by atoms with Crippen LogP contribution >= 0.6 is 0 Å². The van der Waals surface area contributed by atoms with Crippen molar-refractivity contribution in [1.29, 1.82) is 0 Å². The summed E-state index contributed by atoms with van der Waals surface area (Å²) in [5.41, 5.74) is 1.17. The summed E-state index contributed by atoms with van der Waals surface area (Å²) in [5, 5.41) is 5.14. The van der Waals surface area contributed by atoms with Crippen LogP contribution in [0.3, 0.4) is 0 Å². The predicted molar refractivity (Wildman–Crippen MR) is 92.3 cm³/mol. The van der Waals surface area contributed by atoms with E-state index in [1.54, 1.807) is 55.7 Å². The molecule has 1 aromatic heterocycles. The largest absolute Gasteiger partial charge is 0.380 e. The number of H-pyrrole nitrogens is 1. The quantitative estimate of drug-likeness (QED) is 0.788. The van der Waals surface area contributed by atoms with Crippen molar-refractivity contribution in [2.24, 2.45) is 0 Å². The maximum atomic E-state index is 12.9. The first kappa shape index (κ1) is 17.0. The summed E-state index contributed by atoms with van der Waals surface area (Å²) in [5.74, 6) is 0.665. The van der Waals surface area contributed by atoms with Crippen LogP contribution in [-0.2, 0) is 4.74 Å². The number of amides is 3. The fourth-order valence-electron chi connectivity index (χ4n) is 2.97. The number of rotatable bonds is 4. The number of nitrogens with zero attached hydrogens (tertiary/aromatic N) is 2. The van der Waals surface area contributed by atoms with Crippen molar-refractivity contribution >= 4 is 17.6 Å². The first-order valence-corrected chi connectivity index (χ1v) is 8.04. The van der Waals surface area contributed by atoms with Crippen molar-refractivity contribution in [3.05, 3.63) is 48.0 Å². The second-order valence-corrected chi connectivity index (χ2v) is 5.82. The first-order chi connectivity index (χ1) is 12.1. The predicted octanol–water partition coefficient (Wildman–Crippen LogP) is 1.76. The highest BCUT2D eigenvalue weighted by Gasteiger charge is 2.38. The van der Waals surface area contributed by atoms with E-state index in [2.05, 4.69) is 20.6 Å². The Hall–Kier alpha value is -2.87. The van der Waals surface area contributed by atoms with E-state index in [0.717, 1.165) is 5.82 Å². The number of carbonyl (C=O) groups excluding carboxylic acids is 2. The van der Waals surface area contributed by atoms with Crippen molar-refractivity contribution in [3.8, 4) is 0 Å². The van der Waals surface area contributed by atoms with Crippen molar-refractivity contribution in [2.45, 2.75) is 18.6 Å². The van der Waals surface area contributed by atoms with E-state index in [4.69, 9.17) is 4.74 Å². The van der Waals surface area contributed by atoms with Gasteiger partial charge in [0, 0.05) is 50.8 Å². The Bertz CT molecular complexity index is 729. The highest BCUT2D eigenvalue weighted by molar-refractivity contribution is 5.96. The lowest BCUT2D eigenvalue weighted by molar-refractivity contribution is 0.0684. The molecule has 0 aliphatic carbocycles. The molecule has 0 saturated carbocycles. The molecule has 0 radical (unpaired) electrons. The molecule has 1 aliphatic heterocycles. The number of urea groups is 1. The molecule has 2 heterocycles. The molecule has 3 amide bonds. The highest BCUT2D eigenvalue weighted by Crippen LogP contribution is 2.32. The Morgan fingerprint density at radius 2 is 2.08 bits per heavy atom. The SMILES string of the molecule is CNC(=O)Nc1ccc(C(=O)N2C[C@H](OC)C[C@H]2c2ncc[nH]2)cc1. The monoisotopic (exact) mass is 343 g/mol. The van der Waals surface area contributed by atoms with E-state index in [1.165, 1.54) is 0 Å². The van der Waals surface area contributed by atoms with Crippen molar-refractivity contribution in [1.82, 2.24) is 20.2 Å². The summed E-state index contributed by atoms with van der Waals surface area (Å²) in [4.78, 5) is 33.4. The molecular formula is C17H21N5O3. The Labute approximate surface area is 145 Å². The molecule has 2 aromatic rings. The number of likely N-dealkylation sites (tertiary alicyclic amines) is 1. The maximum absolute atomic E-state index is 12.9. The molecule has 0 bridgehead atoms. The molecule has 1 aromatic carbocycles. The minimum absolute atomic E-state index is 0.0201. The molecule has 0 spiro atoms. The third kappa shape index (κ3) is 3.63. The summed E-state index contributed by atoms with van der Waals surface area (Å²) in [7, 11) is 3.19. The molecular weight excluding hydrogens is 322 g/mol. The van der Waals surface area contributed by atoms with E-state index >= 15 is 0 Å². The standard InChI is InChI=1S/C17H21N5O3/c1-18-17(24)21-12-5-3-11(4-6-12)16(23)22-10-13(25-2)9-14(22)15-19-7-8-20-15/h3-8,13-14H,9-10H2,1-2H3,(H,19,20)(H2,18,21,24)/t13-,14+/m1/s1. The van der Waals surface area contributed by atoms with Crippen LogP contribution in [0.25, 0.3) is 0 Å². The normalized spacial score (nSPS) is 19.7. The summed E-state index contributed by atoms with van der Waals surface area (Å²) < 4.78 is 5.44. The Kier molecular flexibility index (Phi) is 4.99. The Morgan fingerprint density at radius 1 is 1.32 bits per heavy atom. The van der Waals surface area contributed by atoms with E-state index < -0.39 is 0 Å². The molecule has 0 unspecified atom stereocenters. The topological polar surface area (TPSA) is 99.3 Å². The van der Waals surface area contributed by atoms with Gasteiger partial charge < -0.3 is 25.3 Å². The van der Waals surface area contributed by atoms with Gasteiger partial charge in [-0.25, -0.2) is 9.78 Å². The summed E-state index contributed by atoms with van der Waals surface area (Å²) in [6.07, 6.45) is 4.11. The van der Waals surface area contributed by atoms with Crippen molar-refractivity contribution < 1.29 is 14.3 Å². The second kappa shape index (κ2) is 7.35. The number of nitrogens with one attached hydrogen (secondary N) is 3. The van der Waals surface area contributed by atoms with Gasteiger partial charge in [0.2, 0.25) is 0 Å². The zero-order valence-corrected chi connectivity index (χ0v) is 14.2. The highest BCUT2D eigenvalue weighted by atomic mass is 16.5. The third-order valence-electron chi connectivity index (χ3n) is 4.31. The number of imidazole rings is 1. The number of aromatic nitrogens is 2. The van der Waals surface area contributed by atoms with Crippen LogP contribution in [-0.4, -0.2) is 53.6 Å². The van der Waals surface area contributed by atoms with Gasteiger partial charge in [-0.2, -0.15) is 0 Å². The average Bonchev–Trinajstić information content (AvgIpc) is 3.30. The van der Waals surface area contributed by atoms with Crippen LogP contribution in [0.15, 0.2) is 36.7 Å². The summed E-state index contributed by atoms with van der Waals surface area (Å²) in [6, 6.07) is 6.36. The van der Waals surface area contributed by atoms with Gasteiger partial charge in [0.05, 0.1) is 12.1 Å². The summed E-state index contributed by atoms with van der Waals surface area (Å²) >= 11 is 0. The number of ether oxygens (including phenoxy) is 1. The van der Waals surface area contributed by atoms with Gasteiger partial charge in [0.15, 0.2) is 0 Å². The average molecular weight is 343 g/mol. The molecule has 132 valence electrons.